The molecule has 0 spiro atoms. The maximum atomic E-state index is 2.52. The molecule has 1 saturated heterocycles. The van der Waals surface area contributed by atoms with E-state index in [-0.39, 0.29) is 0 Å². The van der Waals surface area contributed by atoms with Crippen LogP contribution in [0.15, 0.2) is 0 Å². The zero-order valence-corrected chi connectivity index (χ0v) is 8.35. The summed E-state index contributed by atoms with van der Waals surface area (Å²) in [5, 5.41) is 0. The predicted molar refractivity (Wildman–Crippen MR) is 49.7 cm³/mol. The zero-order valence-electron chi connectivity index (χ0n) is 8.35. The molecule has 0 radical (unpaired) electrons. The molecular formula is C10H21N. The Morgan fingerprint density at radius 2 is 1.82 bits per heavy atom. The first kappa shape index (κ1) is 9.05. The van der Waals surface area contributed by atoms with Crippen LogP contribution in [-0.4, -0.2) is 24.5 Å². The molecule has 0 amide bonds. The van der Waals surface area contributed by atoms with Gasteiger partial charge >= 0.3 is 0 Å². The van der Waals surface area contributed by atoms with E-state index >= 15 is 0 Å². The summed E-state index contributed by atoms with van der Waals surface area (Å²) in [7, 11) is 2.26. The van der Waals surface area contributed by atoms with Crippen molar-refractivity contribution >= 4 is 0 Å². The van der Waals surface area contributed by atoms with Crippen LogP contribution >= 0.6 is 0 Å². The van der Waals surface area contributed by atoms with Gasteiger partial charge in [0.05, 0.1) is 0 Å². The lowest BCUT2D eigenvalue weighted by Gasteiger charge is -2.41. The second-order valence-electron chi connectivity index (χ2n) is 4.86. The predicted octanol–water partition coefficient (Wildman–Crippen LogP) is 2.52. The van der Waals surface area contributed by atoms with E-state index in [1.54, 1.807) is 0 Å². The maximum Gasteiger partial charge on any atom is 0.0141 e. The Hall–Kier alpha value is -0.0400. The third-order valence-electron chi connectivity index (χ3n) is 2.77. The quantitative estimate of drug-likeness (QED) is 0.519. The van der Waals surface area contributed by atoms with E-state index in [2.05, 4.69) is 32.7 Å². The van der Waals surface area contributed by atoms with Crippen LogP contribution in [-0.2, 0) is 0 Å². The minimum absolute atomic E-state index is 0.467. The average Bonchev–Trinajstić information content (AvgIpc) is 1.86. The first-order chi connectivity index (χ1) is 5.02. The molecule has 1 heterocycles. The van der Waals surface area contributed by atoms with Gasteiger partial charge in [0.25, 0.3) is 0 Å². The lowest BCUT2D eigenvalue weighted by molar-refractivity contribution is 0.0883. The number of nitrogens with zero attached hydrogens (tertiary/aromatic N) is 1. The highest BCUT2D eigenvalue weighted by atomic mass is 15.1. The van der Waals surface area contributed by atoms with Gasteiger partial charge in [-0.05, 0) is 31.8 Å². The lowest BCUT2D eigenvalue weighted by Crippen LogP contribution is -2.44. The monoisotopic (exact) mass is 155 g/mol. The van der Waals surface area contributed by atoms with Crippen molar-refractivity contribution in [3.05, 3.63) is 0 Å². The van der Waals surface area contributed by atoms with E-state index < -0.39 is 0 Å². The first-order valence-corrected chi connectivity index (χ1v) is 4.72. The van der Waals surface area contributed by atoms with E-state index in [0.29, 0.717) is 5.41 Å². The third kappa shape index (κ3) is 2.19. The molecule has 0 aromatic heterocycles. The molecule has 1 heteroatoms. The number of piperidine rings is 1. The molecule has 1 aliphatic rings. The van der Waals surface area contributed by atoms with E-state index in [1.165, 1.54) is 25.8 Å². The van der Waals surface area contributed by atoms with E-state index in [4.69, 9.17) is 0 Å². The highest BCUT2D eigenvalue weighted by Crippen LogP contribution is 2.30. The number of hydrogen-bond acceptors (Lipinski definition) is 1. The van der Waals surface area contributed by atoms with Crippen molar-refractivity contribution in [3.63, 3.8) is 0 Å². The molecule has 1 aliphatic heterocycles. The van der Waals surface area contributed by atoms with E-state index in [9.17, 15) is 0 Å². The van der Waals surface area contributed by atoms with Gasteiger partial charge in [0.2, 0.25) is 0 Å². The van der Waals surface area contributed by atoms with E-state index in [0.717, 1.165) is 6.04 Å². The minimum Gasteiger partial charge on any atom is -0.303 e. The summed E-state index contributed by atoms with van der Waals surface area (Å²) in [6, 6.07) is 0.802. The van der Waals surface area contributed by atoms with Gasteiger partial charge in [-0.25, -0.2) is 0 Å². The Balaban J connectivity index is 2.55. The van der Waals surface area contributed by atoms with Crippen LogP contribution in [0.1, 0.15) is 40.0 Å². The zero-order chi connectivity index (χ0) is 8.48. The van der Waals surface area contributed by atoms with Crippen LogP contribution < -0.4 is 0 Å². The maximum absolute atomic E-state index is 2.52. The number of likely N-dealkylation sites (tertiary alicyclic amines) is 1. The lowest BCUT2D eigenvalue weighted by atomic mass is 9.81. The fourth-order valence-corrected chi connectivity index (χ4v) is 2.17. The van der Waals surface area contributed by atoms with Gasteiger partial charge in [0, 0.05) is 6.04 Å². The second-order valence-corrected chi connectivity index (χ2v) is 4.86. The van der Waals surface area contributed by atoms with Crippen molar-refractivity contribution in [1.29, 1.82) is 0 Å². The molecule has 0 aliphatic carbocycles. The van der Waals surface area contributed by atoms with Gasteiger partial charge in [-0.2, -0.15) is 0 Å². The molecule has 0 aromatic rings. The van der Waals surface area contributed by atoms with Crippen molar-refractivity contribution in [2.24, 2.45) is 5.41 Å². The molecule has 0 N–H and O–H groups in total. The van der Waals surface area contributed by atoms with Crippen LogP contribution in [0.3, 0.4) is 0 Å². The Labute approximate surface area is 70.8 Å². The van der Waals surface area contributed by atoms with Gasteiger partial charge in [-0.1, -0.05) is 27.2 Å². The molecule has 0 bridgehead atoms. The molecule has 1 atom stereocenters. The Morgan fingerprint density at radius 1 is 1.18 bits per heavy atom. The third-order valence-corrected chi connectivity index (χ3v) is 2.77. The van der Waals surface area contributed by atoms with E-state index in [1.807, 2.05) is 0 Å². The largest absolute Gasteiger partial charge is 0.303 e. The molecule has 11 heavy (non-hydrogen) atoms. The Bertz CT molecular complexity index is 123. The first-order valence-electron chi connectivity index (χ1n) is 4.72. The molecule has 66 valence electrons. The highest BCUT2D eigenvalue weighted by molar-refractivity contribution is 4.84. The van der Waals surface area contributed by atoms with Gasteiger partial charge in [0.15, 0.2) is 0 Å². The molecular weight excluding hydrogens is 134 g/mol. The summed E-state index contributed by atoms with van der Waals surface area (Å²) in [6.45, 7) is 8.33. The van der Waals surface area contributed by atoms with Crippen LogP contribution in [0, 0.1) is 5.41 Å². The van der Waals surface area contributed by atoms with Crippen LogP contribution in [0.5, 0.6) is 0 Å². The summed E-state index contributed by atoms with van der Waals surface area (Å²) in [5.74, 6) is 0. The molecule has 1 rings (SSSR count). The van der Waals surface area contributed by atoms with Crippen LogP contribution in [0.4, 0.5) is 0 Å². The van der Waals surface area contributed by atoms with Gasteiger partial charge < -0.3 is 4.90 Å². The smallest absolute Gasteiger partial charge is 0.0141 e. The van der Waals surface area contributed by atoms with Crippen LogP contribution in [0.2, 0.25) is 0 Å². The number of hydrogen-bond donors (Lipinski definition) is 0. The topological polar surface area (TPSA) is 3.24 Å². The average molecular weight is 155 g/mol. The Kier molecular flexibility index (Phi) is 2.58. The normalized spacial score (nSPS) is 28.9. The minimum atomic E-state index is 0.467. The SMILES string of the molecule is CN1CCCCC1C(C)(C)C. The molecule has 0 saturated carbocycles. The van der Waals surface area contributed by atoms with Crippen LogP contribution in [0.25, 0.3) is 0 Å². The summed E-state index contributed by atoms with van der Waals surface area (Å²) < 4.78 is 0. The summed E-state index contributed by atoms with van der Waals surface area (Å²) in [5.41, 5.74) is 0.467. The number of rotatable bonds is 0. The van der Waals surface area contributed by atoms with Crippen molar-refractivity contribution in [2.75, 3.05) is 13.6 Å². The fourth-order valence-electron chi connectivity index (χ4n) is 2.17. The fraction of sp³-hybridized carbons (Fsp3) is 1.00. The molecule has 1 fully saturated rings. The highest BCUT2D eigenvalue weighted by Gasteiger charge is 2.29. The van der Waals surface area contributed by atoms with Gasteiger partial charge in [-0.15, -0.1) is 0 Å². The standard InChI is InChI=1S/C10H21N/c1-10(2,3)9-7-5-6-8-11(9)4/h9H,5-8H2,1-4H3. The van der Waals surface area contributed by atoms with Crippen molar-refractivity contribution in [1.82, 2.24) is 4.90 Å². The summed E-state index contributed by atoms with van der Waals surface area (Å²) in [6.07, 6.45) is 4.20. The summed E-state index contributed by atoms with van der Waals surface area (Å²) >= 11 is 0. The molecule has 0 aromatic carbocycles. The molecule has 1 nitrogen and oxygen atoms in total. The summed E-state index contributed by atoms with van der Waals surface area (Å²) in [4.78, 5) is 2.52. The van der Waals surface area contributed by atoms with Crippen molar-refractivity contribution in [2.45, 2.75) is 46.1 Å². The van der Waals surface area contributed by atoms with Gasteiger partial charge in [0.1, 0.15) is 0 Å². The Morgan fingerprint density at radius 3 is 2.18 bits per heavy atom. The van der Waals surface area contributed by atoms with Crippen molar-refractivity contribution < 1.29 is 0 Å². The van der Waals surface area contributed by atoms with Gasteiger partial charge in [-0.3, -0.25) is 0 Å². The second kappa shape index (κ2) is 3.14. The van der Waals surface area contributed by atoms with Crippen molar-refractivity contribution in [3.8, 4) is 0 Å². The molecule has 1 unspecified atom stereocenters.